The van der Waals surface area contributed by atoms with Crippen LogP contribution < -0.4 is 0 Å². The molecule has 0 saturated heterocycles. The van der Waals surface area contributed by atoms with E-state index >= 15 is 0 Å². The summed E-state index contributed by atoms with van der Waals surface area (Å²) in [6.07, 6.45) is 3.40. The summed E-state index contributed by atoms with van der Waals surface area (Å²) in [5.74, 6) is -0.591. The highest BCUT2D eigenvalue weighted by molar-refractivity contribution is 7.85. The number of rotatable bonds is 3. The molecule has 84 valence electrons. The Morgan fingerprint density at radius 3 is 2.44 bits per heavy atom. The summed E-state index contributed by atoms with van der Waals surface area (Å²) in [5, 5.41) is 4.02. The molecule has 6 heteroatoms. The van der Waals surface area contributed by atoms with Crippen LogP contribution in [0.2, 0.25) is 0 Å². The monoisotopic (exact) mass is 240 g/mol. The van der Waals surface area contributed by atoms with Gasteiger partial charge in [-0.05, 0) is 23.8 Å². The van der Waals surface area contributed by atoms with Gasteiger partial charge in [-0.1, -0.05) is 12.1 Å². The highest BCUT2D eigenvalue weighted by Gasteiger charge is 2.08. The number of halogens is 1. The third-order valence-electron chi connectivity index (χ3n) is 2.04. The van der Waals surface area contributed by atoms with Crippen molar-refractivity contribution >= 4 is 10.2 Å². The average Bonchev–Trinajstić information content (AvgIpc) is 2.69. The summed E-state index contributed by atoms with van der Waals surface area (Å²) >= 11 is 0. The van der Waals surface area contributed by atoms with Crippen LogP contribution in [-0.4, -0.2) is 18.2 Å². The van der Waals surface area contributed by atoms with Crippen LogP contribution in [0.3, 0.4) is 0 Å². The number of hydrogen-bond donors (Lipinski definition) is 0. The smallest absolute Gasteiger partial charge is 0.241 e. The van der Waals surface area contributed by atoms with Crippen LogP contribution in [0.5, 0.6) is 0 Å². The summed E-state index contributed by atoms with van der Waals surface area (Å²) in [4.78, 5) is 0. The molecule has 0 fully saturated rings. The van der Waals surface area contributed by atoms with Gasteiger partial charge in [-0.2, -0.15) is 13.5 Å². The molecule has 0 aliphatic rings. The third-order valence-corrected chi connectivity index (χ3v) is 2.72. The molecular weight excluding hydrogens is 231 g/mol. The van der Waals surface area contributed by atoms with Gasteiger partial charge in [0.2, 0.25) is 0 Å². The lowest BCUT2D eigenvalue weighted by molar-refractivity contribution is 0.551. The van der Waals surface area contributed by atoms with E-state index in [0.29, 0.717) is 5.56 Å². The molecule has 2 rings (SSSR count). The Kier molecular flexibility index (Phi) is 2.74. The van der Waals surface area contributed by atoms with E-state index in [-0.39, 0.29) is 0 Å². The van der Waals surface area contributed by atoms with Crippen molar-refractivity contribution in [3.05, 3.63) is 48.3 Å². The van der Waals surface area contributed by atoms with Crippen LogP contribution >= 0.6 is 0 Å². The van der Waals surface area contributed by atoms with Crippen molar-refractivity contribution in [2.24, 2.45) is 0 Å². The minimum absolute atomic E-state index is 0.415. The fourth-order valence-electron chi connectivity index (χ4n) is 1.37. The lowest BCUT2D eigenvalue weighted by Crippen LogP contribution is -1.98. The molecule has 1 aromatic heterocycles. The zero-order valence-electron chi connectivity index (χ0n) is 8.25. The van der Waals surface area contributed by atoms with E-state index in [2.05, 4.69) is 5.10 Å². The first-order valence-electron chi connectivity index (χ1n) is 4.56. The van der Waals surface area contributed by atoms with Gasteiger partial charge in [-0.25, -0.2) is 4.68 Å². The molecule has 1 aromatic carbocycles. The van der Waals surface area contributed by atoms with Crippen molar-refractivity contribution < 1.29 is 12.3 Å². The predicted molar refractivity (Wildman–Crippen MR) is 57.3 cm³/mol. The van der Waals surface area contributed by atoms with E-state index < -0.39 is 16.0 Å². The van der Waals surface area contributed by atoms with Crippen LogP contribution in [0.25, 0.3) is 5.69 Å². The molecule has 0 bridgehead atoms. The molecule has 0 unspecified atom stereocenters. The lowest BCUT2D eigenvalue weighted by atomic mass is 10.2. The molecule has 0 amide bonds. The Hall–Kier alpha value is -1.69. The van der Waals surface area contributed by atoms with E-state index in [1.54, 1.807) is 47.4 Å². The van der Waals surface area contributed by atoms with Gasteiger partial charge in [0.15, 0.2) is 0 Å². The molecule has 0 atom stereocenters. The number of hydrogen-bond acceptors (Lipinski definition) is 3. The van der Waals surface area contributed by atoms with Gasteiger partial charge in [0.05, 0.1) is 5.69 Å². The second kappa shape index (κ2) is 4.05. The summed E-state index contributed by atoms with van der Waals surface area (Å²) in [7, 11) is -4.47. The largest absolute Gasteiger partial charge is 0.306 e. The van der Waals surface area contributed by atoms with Gasteiger partial charge in [-0.15, -0.1) is 3.89 Å². The second-order valence-corrected chi connectivity index (χ2v) is 4.67. The van der Waals surface area contributed by atoms with Crippen molar-refractivity contribution in [1.29, 1.82) is 0 Å². The predicted octanol–water partition coefficient (Wildman–Crippen LogP) is 1.67. The van der Waals surface area contributed by atoms with Gasteiger partial charge >= 0.3 is 10.2 Å². The Labute approximate surface area is 92.5 Å². The first kappa shape index (κ1) is 10.8. The minimum Gasteiger partial charge on any atom is -0.241 e. The SMILES string of the molecule is O=S(=O)(F)Cc1ccc(-n2cccn2)cc1. The quantitative estimate of drug-likeness (QED) is 0.767. The maximum atomic E-state index is 12.4. The van der Waals surface area contributed by atoms with Gasteiger partial charge in [0.25, 0.3) is 0 Å². The zero-order chi connectivity index (χ0) is 11.6. The second-order valence-electron chi connectivity index (χ2n) is 3.30. The van der Waals surface area contributed by atoms with Crippen molar-refractivity contribution in [2.45, 2.75) is 5.75 Å². The fourth-order valence-corrected chi connectivity index (χ4v) is 1.96. The van der Waals surface area contributed by atoms with Crippen LogP contribution in [0, 0.1) is 0 Å². The van der Waals surface area contributed by atoms with Crippen LogP contribution in [0.4, 0.5) is 3.89 Å². The molecule has 1 heterocycles. The first-order chi connectivity index (χ1) is 7.54. The molecule has 16 heavy (non-hydrogen) atoms. The van der Waals surface area contributed by atoms with Crippen LogP contribution in [0.1, 0.15) is 5.56 Å². The molecule has 4 nitrogen and oxygen atoms in total. The standard InChI is InChI=1S/C10H9FN2O2S/c11-16(14,15)8-9-2-4-10(5-3-9)13-7-1-6-12-13/h1-7H,8H2. The molecule has 0 saturated carbocycles. The Balaban J connectivity index is 2.24. The molecule has 0 spiro atoms. The van der Waals surface area contributed by atoms with Gasteiger partial charge < -0.3 is 0 Å². The van der Waals surface area contributed by atoms with Crippen molar-refractivity contribution in [3.8, 4) is 5.69 Å². The van der Waals surface area contributed by atoms with E-state index in [1.165, 1.54) is 0 Å². The summed E-state index contributed by atoms with van der Waals surface area (Å²) in [5.41, 5.74) is 1.21. The maximum absolute atomic E-state index is 12.4. The topological polar surface area (TPSA) is 52.0 Å². The van der Waals surface area contributed by atoms with Crippen molar-refractivity contribution in [1.82, 2.24) is 9.78 Å². The Morgan fingerprint density at radius 1 is 1.25 bits per heavy atom. The van der Waals surface area contributed by atoms with Crippen molar-refractivity contribution in [3.63, 3.8) is 0 Å². The van der Waals surface area contributed by atoms with E-state index in [9.17, 15) is 12.3 Å². The van der Waals surface area contributed by atoms with Gasteiger partial charge in [0.1, 0.15) is 5.75 Å². The highest BCUT2D eigenvalue weighted by Crippen LogP contribution is 2.11. The Bertz CT molecular complexity index is 561. The summed E-state index contributed by atoms with van der Waals surface area (Å²) in [6.45, 7) is 0. The number of aromatic nitrogens is 2. The van der Waals surface area contributed by atoms with E-state index in [1.807, 2.05) is 0 Å². The fraction of sp³-hybridized carbons (Fsp3) is 0.100. The van der Waals surface area contributed by atoms with Gasteiger partial charge in [0, 0.05) is 12.4 Å². The average molecular weight is 240 g/mol. The number of nitrogens with zero attached hydrogens (tertiary/aromatic N) is 2. The molecule has 0 aliphatic carbocycles. The highest BCUT2D eigenvalue weighted by atomic mass is 32.3. The summed E-state index contributed by atoms with van der Waals surface area (Å²) < 4.78 is 34.9. The molecule has 0 radical (unpaired) electrons. The van der Waals surface area contributed by atoms with E-state index in [0.717, 1.165) is 5.69 Å². The third kappa shape index (κ3) is 2.66. The number of benzene rings is 1. The van der Waals surface area contributed by atoms with Gasteiger partial charge in [-0.3, -0.25) is 0 Å². The Morgan fingerprint density at radius 2 is 1.94 bits per heavy atom. The minimum atomic E-state index is -4.47. The summed E-state index contributed by atoms with van der Waals surface area (Å²) in [6, 6.07) is 8.28. The molecule has 0 N–H and O–H groups in total. The first-order valence-corrected chi connectivity index (χ1v) is 6.11. The molecule has 0 aliphatic heterocycles. The zero-order valence-corrected chi connectivity index (χ0v) is 9.06. The van der Waals surface area contributed by atoms with Crippen molar-refractivity contribution in [2.75, 3.05) is 0 Å². The lowest BCUT2D eigenvalue weighted by Gasteiger charge is -2.02. The molecular formula is C10H9FN2O2S. The normalized spacial score (nSPS) is 11.6. The van der Waals surface area contributed by atoms with E-state index in [4.69, 9.17) is 0 Å². The van der Waals surface area contributed by atoms with Crippen LogP contribution in [0.15, 0.2) is 42.7 Å². The maximum Gasteiger partial charge on any atom is 0.306 e. The molecule has 2 aromatic rings. The van der Waals surface area contributed by atoms with Crippen LogP contribution in [-0.2, 0) is 16.0 Å².